The Morgan fingerprint density at radius 2 is 2.00 bits per heavy atom. The Hall–Kier alpha value is -2.76. The highest BCUT2D eigenvalue weighted by molar-refractivity contribution is 6.03. The molecule has 2 heterocycles. The first kappa shape index (κ1) is 13.2. The van der Waals surface area contributed by atoms with E-state index in [-0.39, 0.29) is 18.2 Å². The molecular weight excluding hydrogens is 268 g/mol. The highest BCUT2D eigenvalue weighted by Gasteiger charge is 2.31. The van der Waals surface area contributed by atoms with Crippen LogP contribution in [0.3, 0.4) is 0 Å². The fraction of sp³-hybridized carbons (Fsp3) is 0.200. The fourth-order valence-electron chi connectivity index (χ4n) is 2.35. The molecule has 0 saturated carbocycles. The van der Waals surface area contributed by atoms with Crippen LogP contribution in [0.4, 0.5) is 5.69 Å². The van der Waals surface area contributed by atoms with Gasteiger partial charge in [0.2, 0.25) is 11.8 Å². The van der Waals surface area contributed by atoms with Gasteiger partial charge in [-0.25, -0.2) is 9.97 Å². The molecule has 6 nitrogen and oxygen atoms in total. The van der Waals surface area contributed by atoms with Gasteiger partial charge >= 0.3 is 0 Å². The van der Waals surface area contributed by atoms with Crippen molar-refractivity contribution >= 4 is 17.5 Å². The molecule has 0 radical (unpaired) electrons. The number of benzene rings is 1. The second-order valence-corrected chi connectivity index (χ2v) is 4.97. The van der Waals surface area contributed by atoms with Crippen LogP contribution in [0.15, 0.2) is 36.5 Å². The summed E-state index contributed by atoms with van der Waals surface area (Å²) in [5, 5.41) is 2.29. The normalized spacial score (nSPS) is 17.8. The first-order chi connectivity index (χ1) is 10.1. The minimum Gasteiger partial charge on any atom is -0.396 e. The predicted molar refractivity (Wildman–Crippen MR) is 76.8 cm³/mol. The lowest BCUT2D eigenvalue weighted by molar-refractivity contribution is -0.125. The number of carbonyl (C=O) groups excluding carboxylic acids is 2. The van der Waals surface area contributed by atoms with E-state index in [1.807, 2.05) is 30.3 Å². The monoisotopic (exact) mass is 282 g/mol. The highest BCUT2D eigenvalue weighted by atomic mass is 16.2. The maximum Gasteiger partial charge on any atom is 0.230 e. The Morgan fingerprint density at radius 1 is 1.24 bits per heavy atom. The van der Waals surface area contributed by atoms with Crippen LogP contribution < -0.4 is 11.1 Å². The number of nitrogens with two attached hydrogens (primary N) is 1. The molecule has 3 rings (SSSR count). The molecule has 1 aromatic carbocycles. The summed E-state index contributed by atoms with van der Waals surface area (Å²) in [5.74, 6) is -0.395. The summed E-state index contributed by atoms with van der Waals surface area (Å²) in [6.07, 6.45) is 2.06. The van der Waals surface area contributed by atoms with Crippen molar-refractivity contribution in [2.45, 2.75) is 12.8 Å². The predicted octanol–water partition coefficient (Wildman–Crippen LogP) is 0.931. The molecule has 2 amide bonds. The van der Waals surface area contributed by atoms with Gasteiger partial charge in [0.05, 0.1) is 23.5 Å². The molecule has 1 aliphatic heterocycles. The maximum absolute atomic E-state index is 11.6. The van der Waals surface area contributed by atoms with E-state index in [2.05, 4.69) is 15.3 Å². The van der Waals surface area contributed by atoms with Crippen LogP contribution in [0.25, 0.3) is 11.3 Å². The summed E-state index contributed by atoms with van der Waals surface area (Å²) in [5.41, 5.74) is 7.94. The number of hydrogen-bond donors (Lipinski definition) is 2. The van der Waals surface area contributed by atoms with Gasteiger partial charge in [0.1, 0.15) is 5.82 Å². The zero-order chi connectivity index (χ0) is 14.8. The van der Waals surface area contributed by atoms with E-state index in [4.69, 9.17) is 5.73 Å². The van der Waals surface area contributed by atoms with E-state index in [1.54, 1.807) is 6.20 Å². The third-order valence-corrected chi connectivity index (χ3v) is 3.41. The smallest absolute Gasteiger partial charge is 0.230 e. The zero-order valence-corrected chi connectivity index (χ0v) is 11.2. The lowest BCUT2D eigenvalue weighted by atomic mass is 10.0. The molecule has 0 spiro atoms. The van der Waals surface area contributed by atoms with E-state index in [0.717, 1.165) is 5.56 Å². The van der Waals surface area contributed by atoms with Gasteiger partial charge in [-0.2, -0.15) is 0 Å². The van der Waals surface area contributed by atoms with Crippen molar-refractivity contribution in [2.75, 3.05) is 5.73 Å². The number of rotatable bonds is 3. The van der Waals surface area contributed by atoms with E-state index < -0.39 is 5.92 Å². The van der Waals surface area contributed by atoms with E-state index in [1.165, 1.54) is 0 Å². The van der Waals surface area contributed by atoms with Gasteiger partial charge < -0.3 is 5.73 Å². The van der Waals surface area contributed by atoms with Crippen molar-refractivity contribution in [1.82, 2.24) is 15.3 Å². The molecule has 106 valence electrons. The van der Waals surface area contributed by atoms with Crippen molar-refractivity contribution in [1.29, 1.82) is 0 Å². The van der Waals surface area contributed by atoms with Crippen LogP contribution in [0.2, 0.25) is 0 Å². The van der Waals surface area contributed by atoms with E-state index in [0.29, 0.717) is 23.6 Å². The minimum atomic E-state index is -0.398. The molecule has 0 aliphatic carbocycles. The molecule has 3 N–H and O–H groups in total. The lowest BCUT2D eigenvalue weighted by Gasteiger charge is -2.09. The number of imide groups is 1. The van der Waals surface area contributed by atoms with Gasteiger partial charge in [0, 0.05) is 18.4 Å². The van der Waals surface area contributed by atoms with Crippen LogP contribution >= 0.6 is 0 Å². The van der Waals surface area contributed by atoms with Crippen molar-refractivity contribution in [2.24, 2.45) is 5.92 Å². The second-order valence-electron chi connectivity index (χ2n) is 4.97. The largest absolute Gasteiger partial charge is 0.396 e. The number of amides is 2. The molecule has 1 fully saturated rings. The molecule has 1 aromatic heterocycles. The first-order valence-corrected chi connectivity index (χ1v) is 6.64. The molecule has 0 unspecified atom stereocenters. The molecule has 1 aliphatic rings. The Balaban J connectivity index is 1.88. The van der Waals surface area contributed by atoms with Gasteiger partial charge in [0.15, 0.2) is 0 Å². The van der Waals surface area contributed by atoms with E-state index >= 15 is 0 Å². The first-order valence-electron chi connectivity index (χ1n) is 6.64. The quantitative estimate of drug-likeness (QED) is 0.816. The summed E-state index contributed by atoms with van der Waals surface area (Å²) >= 11 is 0. The molecule has 6 heteroatoms. The number of nitrogen functional groups attached to an aromatic ring is 1. The van der Waals surface area contributed by atoms with Crippen LogP contribution in [0, 0.1) is 5.92 Å². The summed E-state index contributed by atoms with van der Waals surface area (Å²) in [6, 6.07) is 9.54. The van der Waals surface area contributed by atoms with Crippen LogP contribution in [-0.2, 0) is 16.0 Å². The molecule has 1 atom stereocenters. The summed E-state index contributed by atoms with van der Waals surface area (Å²) in [6.45, 7) is 0. The number of aromatic nitrogens is 2. The average Bonchev–Trinajstić information content (AvgIpc) is 2.80. The number of carbonyl (C=O) groups is 2. The van der Waals surface area contributed by atoms with Gasteiger partial charge in [-0.1, -0.05) is 30.3 Å². The lowest BCUT2D eigenvalue weighted by Crippen LogP contribution is -2.23. The molecule has 0 bridgehead atoms. The highest BCUT2D eigenvalue weighted by Crippen LogP contribution is 2.24. The standard InChI is InChI=1S/C15H14N4O2/c16-11-8-17-12(6-10-7-13(20)19-15(10)21)18-14(11)9-4-2-1-3-5-9/h1-5,8,10H,6-7,16H2,(H,19,20,21)/t10-/m1/s1. The molecule has 1 saturated heterocycles. The number of nitrogens with zero attached hydrogens (tertiary/aromatic N) is 2. The zero-order valence-electron chi connectivity index (χ0n) is 11.2. The molecular formula is C15H14N4O2. The minimum absolute atomic E-state index is 0.188. The fourth-order valence-corrected chi connectivity index (χ4v) is 2.35. The number of nitrogens with one attached hydrogen (secondary N) is 1. The van der Waals surface area contributed by atoms with Crippen molar-refractivity contribution in [3.8, 4) is 11.3 Å². The molecule has 2 aromatic rings. The van der Waals surface area contributed by atoms with Gasteiger partial charge in [-0.05, 0) is 0 Å². The van der Waals surface area contributed by atoms with Gasteiger partial charge in [-0.3, -0.25) is 14.9 Å². The summed E-state index contributed by atoms with van der Waals surface area (Å²) in [7, 11) is 0. The van der Waals surface area contributed by atoms with E-state index in [9.17, 15) is 9.59 Å². The van der Waals surface area contributed by atoms with Crippen molar-refractivity contribution in [3.05, 3.63) is 42.4 Å². The Morgan fingerprint density at radius 3 is 2.67 bits per heavy atom. The van der Waals surface area contributed by atoms with Crippen molar-refractivity contribution in [3.63, 3.8) is 0 Å². The number of hydrogen-bond acceptors (Lipinski definition) is 5. The Kier molecular flexibility index (Phi) is 3.35. The van der Waals surface area contributed by atoms with Crippen LogP contribution in [0.1, 0.15) is 12.2 Å². The topological polar surface area (TPSA) is 98.0 Å². The van der Waals surface area contributed by atoms with Crippen molar-refractivity contribution < 1.29 is 9.59 Å². The van der Waals surface area contributed by atoms with Gasteiger partial charge in [0.25, 0.3) is 0 Å². The number of anilines is 1. The summed E-state index contributed by atoms with van der Waals surface area (Å²) < 4.78 is 0. The van der Waals surface area contributed by atoms with Crippen LogP contribution in [-0.4, -0.2) is 21.8 Å². The average molecular weight is 282 g/mol. The SMILES string of the molecule is Nc1cnc(C[C@@H]2CC(=O)NC2=O)nc1-c1ccccc1. The Bertz CT molecular complexity index is 700. The second kappa shape index (κ2) is 5.32. The maximum atomic E-state index is 11.6. The Labute approximate surface area is 121 Å². The van der Waals surface area contributed by atoms with Crippen LogP contribution in [0.5, 0.6) is 0 Å². The third kappa shape index (κ3) is 2.74. The molecule has 21 heavy (non-hydrogen) atoms. The van der Waals surface area contributed by atoms with Gasteiger partial charge in [-0.15, -0.1) is 0 Å². The third-order valence-electron chi connectivity index (χ3n) is 3.41. The summed E-state index contributed by atoms with van der Waals surface area (Å²) in [4.78, 5) is 31.4.